The fourth-order valence-electron chi connectivity index (χ4n) is 2.06. The molecule has 1 N–H and O–H groups in total. The van der Waals surface area contributed by atoms with E-state index in [4.69, 9.17) is 4.74 Å². The van der Waals surface area contributed by atoms with E-state index in [0.717, 1.165) is 28.1 Å². The lowest BCUT2D eigenvalue weighted by atomic mass is 10.1. The summed E-state index contributed by atoms with van der Waals surface area (Å²) >= 11 is 0. The fraction of sp³-hybridized carbons (Fsp3) is 0.278. The summed E-state index contributed by atoms with van der Waals surface area (Å²) in [4.78, 5) is 11.9. The van der Waals surface area contributed by atoms with Gasteiger partial charge < -0.3 is 10.1 Å². The first-order valence-corrected chi connectivity index (χ1v) is 7.11. The van der Waals surface area contributed by atoms with Crippen LogP contribution in [0.5, 0.6) is 5.75 Å². The van der Waals surface area contributed by atoms with Crippen molar-refractivity contribution in [1.82, 2.24) is 0 Å². The Balaban J connectivity index is 1.83. The standard InChI is InChI=1S/C18H21NO2/c1-13-5-4-6-16(11-13)19-18(20)9-10-21-17-12-14(2)7-8-15(17)3/h4-8,11-12H,9-10H2,1-3H3,(H,19,20). The van der Waals surface area contributed by atoms with Crippen molar-refractivity contribution in [3.63, 3.8) is 0 Å². The van der Waals surface area contributed by atoms with Crippen molar-refractivity contribution in [2.45, 2.75) is 27.2 Å². The van der Waals surface area contributed by atoms with Crippen molar-refractivity contribution in [2.75, 3.05) is 11.9 Å². The average Bonchev–Trinajstić information content (AvgIpc) is 2.42. The lowest BCUT2D eigenvalue weighted by Gasteiger charge is -2.10. The van der Waals surface area contributed by atoms with Crippen LogP contribution in [0.15, 0.2) is 42.5 Å². The van der Waals surface area contributed by atoms with Gasteiger partial charge in [0.25, 0.3) is 0 Å². The van der Waals surface area contributed by atoms with Gasteiger partial charge in [-0.2, -0.15) is 0 Å². The minimum absolute atomic E-state index is 0.0362. The SMILES string of the molecule is Cc1cccc(NC(=O)CCOc2cc(C)ccc2C)c1. The molecule has 0 aliphatic carbocycles. The molecule has 0 saturated heterocycles. The summed E-state index contributed by atoms with van der Waals surface area (Å²) in [5.41, 5.74) is 4.19. The van der Waals surface area contributed by atoms with Gasteiger partial charge in [0.05, 0.1) is 13.0 Å². The van der Waals surface area contributed by atoms with Crippen molar-refractivity contribution in [3.8, 4) is 5.75 Å². The molecule has 2 aromatic carbocycles. The molecular weight excluding hydrogens is 262 g/mol. The van der Waals surface area contributed by atoms with E-state index >= 15 is 0 Å². The summed E-state index contributed by atoms with van der Waals surface area (Å²) in [7, 11) is 0. The monoisotopic (exact) mass is 283 g/mol. The predicted molar refractivity (Wildman–Crippen MR) is 85.8 cm³/mol. The predicted octanol–water partition coefficient (Wildman–Crippen LogP) is 4.02. The van der Waals surface area contributed by atoms with Crippen LogP contribution in [0.3, 0.4) is 0 Å². The molecule has 0 aromatic heterocycles. The summed E-state index contributed by atoms with van der Waals surface area (Å²) < 4.78 is 5.69. The third kappa shape index (κ3) is 4.63. The molecule has 2 aromatic rings. The first-order chi connectivity index (χ1) is 10.0. The van der Waals surface area contributed by atoms with Crippen molar-refractivity contribution in [1.29, 1.82) is 0 Å². The van der Waals surface area contributed by atoms with Gasteiger partial charge in [-0.3, -0.25) is 4.79 Å². The van der Waals surface area contributed by atoms with Gasteiger partial charge in [0.15, 0.2) is 0 Å². The molecule has 0 aliphatic heterocycles. The minimum Gasteiger partial charge on any atom is -0.493 e. The maximum atomic E-state index is 11.9. The molecule has 0 radical (unpaired) electrons. The molecular formula is C18H21NO2. The Morgan fingerprint density at radius 3 is 2.57 bits per heavy atom. The van der Waals surface area contributed by atoms with Gasteiger partial charge in [-0.05, 0) is 55.7 Å². The zero-order chi connectivity index (χ0) is 15.2. The van der Waals surface area contributed by atoms with E-state index in [1.54, 1.807) is 0 Å². The quantitative estimate of drug-likeness (QED) is 0.900. The molecule has 0 unspecified atom stereocenters. The number of carbonyl (C=O) groups excluding carboxylic acids is 1. The molecule has 3 heteroatoms. The van der Waals surface area contributed by atoms with Crippen molar-refractivity contribution < 1.29 is 9.53 Å². The number of aryl methyl sites for hydroxylation is 3. The summed E-state index contributed by atoms with van der Waals surface area (Å²) in [6, 6.07) is 13.8. The van der Waals surface area contributed by atoms with E-state index in [2.05, 4.69) is 5.32 Å². The Morgan fingerprint density at radius 1 is 1.05 bits per heavy atom. The molecule has 0 atom stereocenters. The third-order valence-electron chi connectivity index (χ3n) is 3.23. The summed E-state index contributed by atoms with van der Waals surface area (Å²) in [5, 5.41) is 2.88. The highest BCUT2D eigenvalue weighted by Crippen LogP contribution is 2.19. The number of rotatable bonds is 5. The van der Waals surface area contributed by atoms with Crippen LogP contribution in [0.1, 0.15) is 23.1 Å². The number of amides is 1. The van der Waals surface area contributed by atoms with E-state index in [0.29, 0.717) is 13.0 Å². The van der Waals surface area contributed by atoms with E-state index in [-0.39, 0.29) is 5.91 Å². The Bertz CT molecular complexity index is 635. The van der Waals surface area contributed by atoms with Crippen LogP contribution in [0.2, 0.25) is 0 Å². The van der Waals surface area contributed by atoms with E-state index in [9.17, 15) is 4.79 Å². The Labute approximate surface area is 126 Å². The van der Waals surface area contributed by atoms with Gasteiger partial charge in [0, 0.05) is 5.69 Å². The van der Waals surface area contributed by atoms with Gasteiger partial charge in [-0.25, -0.2) is 0 Å². The maximum absolute atomic E-state index is 11.9. The van der Waals surface area contributed by atoms with Gasteiger partial charge in [0.1, 0.15) is 5.75 Å². The first-order valence-electron chi connectivity index (χ1n) is 7.11. The number of hydrogen-bond acceptors (Lipinski definition) is 2. The normalized spacial score (nSPS) is 10.2. The molecule has 21 heavy (non-hydrogen) atoms. The van der Waals surface area contributed by atoms with E-state index in [1.807, 2.05) is 63.2 Å². The zero-order valence-electron chi connectivity index (χ0n) is 12.8. The fourth-order valence-corrected chi connectivity index (χ4v) is 2.06. The lowest BCUT2D eigenvalue weighted by molar-refractivity contribution is -0.116. The second kappa shape index (κ2) is 6.93. The van der Waals surface area contributed by atoms with Crippen LogP contribution in [0.25, 0.3) is 0 Å². The van der Waals surface area contributed by atoms with Crippen molar-refractivity contribution in [3.05, 3.63) is 59.2 Å². The number of nitrogens with one attached hydrogen (secondary N) is 1. The van der Waals surface area contributed by atoms with Crippen LogP contribution < -0.4 is 10.1 Å². The van der Waals surface area contributed by atoms with Crippen LogP contribution in [0, 0.1) is 20.8 Å². The van der Waals surface area contributed by atoms with Crippen LogP contribution in [-0.2, 0) is 4.79 Å². The average molecular weight is 283 g/mol. The third-order valence-corrected chi connectivity index (χ3v) is 3.23. The Morgan fingerprint density at radius 2 is 1.81 bits per heavy atom. The molecule has 0 fully saturated rings. The van der Waals surface area contributed by atoms with Crippen LogP contribution >= 0.6 is 0 Å². The van der Waals surface area contributed by atoms with Gasteiger partial charge in [0.2, 0.25) is 5.91 Å². The molecule has 2 rings (SSSR count). The number of benzene rings is 2. The van der Waals surface area contributed by atoms with Crippen LogP contribution in [-0.4, -0.2) is 12.5 Å². The molecule has 0 spiro atoms. The molecule has 0 saturated carbocycles. The molecule has 0 heterocycles. The highest BCUT2D eigenvalue weighted by Gasteiger charge is 2.05. The van der Waals surface area contributed by atoms with Crippen molar-refractivity contribution in [2.24, 2.45) is 0 Å². The zero-order valence-corrected chi connectivity index (χ0v) is 12.8. The summed E-state index contributed by atoms with van der Waals surface area (Å²) in [5.74, 6) is 0.810. The summed E-state index contributed by atoms with van der Waals surface area (Å²) in [6.07, 6.45) is 0.335. The highest BCUT2D eigenvalue weighted by atomic mass is 16.5. The number of hydrogen-bond donors (Lipinski definition) is 1. The smallest absolute Gasteiger partial charge is 0.227 e. The Kier molecular flexibility index (Phi) is 4.99. The van der Waals surface area contributed by atoms with E-state index in [1.165, 1.54) is 0 Å². The molecule has 3 nitrogen and oxygen atoms in total. The summed E-state index contributed by atoms with van der Waals surface area (Å²) in [6.45, 7) is 6.40. The molecule has 1 amide bonds. The van der Waals surface area contributed by atoms with Crippen LogP contribution in [0.4, 0.5) is 5.69 Å². The first kappa shape index (κ1) is 15.1. The number of carbonyl (C=O) groups is 1. The Hall–Kier alpha value is -2.29. The largest absolute Gasteiger partial charge is 0.493 e. The minimum atomic E-state index is -0.0362. The second-order valence-corrected chi connectivity index (χ2v) is 5.29. The van der Waals surface area contributed by atoms with E-state index < -0.39 is 0 Å². The number of ether oxygens (including phenoxy) is 1. The topological polar surface area (TPSA) is 38.3 Å². The molecule has 110 valence electrons. The molecule has 0 bridgehead atoms. The van der Waals surface area contributed by atoms with Gasteiger partial charge >= 0.3 is 0 Å². The molecule has 0 aliphatic rings. The van der Waals surface area contributed by atoms with Gasteiger partial charge in [-0.1, -0.05) is 24.3 Å². The number of anilines is 1. The maximum Gasteiger partial charge on any atom is 0.227 e. The van der Waals surface area contributed by atoms with Crippen molar-refractivity contribution >= 4 is 11.6 Å². The lowest BCUT2D eigenvalue weighted by Crippen LogP contribution is -2.15. The highest BCUT2D eigenvalue weighted by molar-refractivity contribution is 5.90. The second-order valence-electron chi connectivity index (χ2n) is 5.29. The van der Waals surface area contributed by atoms with Gasteiger partial charge in [-0.15, -0.1) is 0 Å².